The summed E-state index contributed by atoms with van der Waals surface area (Å²) >= 11 is 7.29. The Balaban J connectivity index is 2.07. The number of hydrogen-bond donors (Lipinski definition) is 2. The monoisotopic (exact) mass is 326 g/mol. The maximum atomic E-state index is 12.0. The van der Waals surface area contributed by atoms with E-state index in [0.717, 1.165) is 0 Å². The first kappa shape index (κ1) is 15.4. The van der Waals surface area contributed by atoms with Gasteiger partial charge >= 0.3 is 0 Å². The summed E-state index contributed by atoms with van der Waals surface area (Å²) in [4.78, 5) is 22.1. The third kappa shape index (κ3) is 3.57. The van der Waals surface area contributed by atoms with E-state index in [2.05, 4.69) is 5.32 Å². The van der Waals surface area contributed by atoms with Gasteiger partial charge in [0.25, 0.3) is 11.6 Å². The van der Waals surface area contributed by atoms with Crippen LogP contribution in [0.15, 0.2) is 35.0 Å². The summed E-state index contributed by atoms with van der Waals surface area (Å²) in [6, 6.07) is 5.75. The number of benzene rings is 1. The molecule has 0 fully saturated rings. The normalized spacial score (nSPS) is 11.9. The molecule has 1 amide bonds. The van der Waals surface area contributed by atoms with Crippen LogP contribution in [-0.4, -0.2) is 22.5 Å². The number of amides is 1. The Bertz CT molecular complexity index is 660. The van der Waals surface area contributed by atoms with Crippen LogP contribution in [0.4, 0.5) is 5.69 Å². The molecule has 1 aromatic heterocycles. The number of hydrogen-bond acceptors (Lipinski definition) is 5. The molecule has 0 aliphatic rings. The fourth-order valence-electron chi connectivity index (χ4n) is 1.70. The molecule has 0 saturated heterocycles. The van der Waals surface area contributed by atoms with Crippen LogP contribution in [0.5, 0.6) is 0 Å². The molecule has 1 atom stereocenters. The number of aliphatic hydroxyl groups is 1. The lowest BCUT2D eigenvalue weighted by Gasteiger charge is -2.11. The minimum absolute atomic E-state index is 0.00313. The lowest BCUT2D eigenvalue weighted by molar-refractivity contribution is -0.384. The van der Waals surface area contributed by atoms with Gasteiger partial charge in [-0.3, -0.25) is 14.9 Å². The van der Waals surface area contributed by atoms with Gasteiger partial charge in [-0.2, -0.15) is 11.3 Å². The van der Waals surface area contributed by atoms with Crippen LogP contribution < -0.4 is 5.32 Å². The molecule has 0 radical (unpaired) electrons. The van der Waals surface area contributed by atoms with E-state index in [1.165, 1.54) is 29.5 Å². The maximum Gasteiger partial charge on any atom is 0.288 e. The van der Waals surface area contributed by atoms with Gasteiger partial charge in [0, 0.05) is 12.6 Å². The Morgan fingerprint density at radius 2 is 2.24 bits per heavy atom. The number of halogens is 1. The highest BCUT2D eigenvalue weighted by Gasteiger charge is 2.20. The zero-order chi connectivity index (χ0) is 15.4. The maximum absolute atomic E-state index is 12.0. The molecule has 0 bridgehead atoms. The summed E-state index contributed by atoms with van der Waals surface area (Å²) in [6.07, 6.45) is -0.835. The molecular weight excluding hydrogens is 316 g/mol. The second-order valence-electron chi connectivity index (χ2n) is 4.18. The number of nitrogens with one attached hydrogen (secondary N) is 1. The van der Waals surface area contributed by atoms with Crippen molar-refractivity contribution in [2.75, 3.05) is 6.54 Å². The van der Waals surface area contributed by atoms with E-state index in [1.807, 2.05) is 5.38 Å². The van der Waals surface area contributed by atoms with Crippen molar-refractivity contribution in [1.29, 1.82) is 0 Å². The summed E-state index contributed by atoms with van der Waals surface area (Å²) in [5.41, 5.74) is 0.372. The van der Waals surface area contributed by atoms with Crippen LogP contribution in [0, 0.1) is 10.1 Å². The van der Waals surface area contributed by atoms with Crippen molar-refractivity contribution < 1.29 is 14.8 Å². The fraction of sp³-hybridized carbons (Fsp3) is 0.154. The zero-order valence-electron chi connectivity index (χ0n) is 10.7. The van der Waals surface area contributed by atoms with Crippen molar-refractivity contribution in [2.24, 2.45) is 0 Å². The van der Waals surface area contributed by atoms with E-state index in [-0.39, 0.29) is 22.8 Å². The largest absolute Gasteiger partial charge is 0.387 e. The van der Waals surface area contributed by atoms with Gasteiger partial charge in [0.2, 0.25) is 0 Å². The third-order valence-electron chi connectivity index (χ3n) is 2.80. The van der Waals surface area contributed by atoms with Crippen LogP contribution in [0.25, 0.3) is 0 Å². The minimum Gasteiger partial charge on any atom is -0.387 e. The topological polar surface area (TPSA) is 92.5 Å². The van der Waals surface area contributed by atoms with Crippen molar-refractivity contribution >= 4 is 34.5 Å². The van der Waals surface area contributed by atoms with Gasteiger partial charge in [0.05, 0.1) is 16.6 Å². The average molecular weight is 327 g/mol. The standard InChI is InChI=1S/C13H11ClN2O4S/c14-12-9(2-1-3-10(12)16(19)20)13(18)15-6-11(17)8-4-5-21-7-8/h1-5,7,11,17H,6H2,(H,15,18). The van der Waals surface area contributed by atoms with Crippen molar-refractivity contribution in [3.63, 3.8) is 0 Å². The molecular formula is C13H11ClN2O4S. The van der Waals surface area contributed by atoms with Crippen LogP contribution in [0.1, 0.15) is 22.0 Å². The molecule has 21 heavy (non-hydrogen) atoms. The molecule has 1 heterocycles. The molecule has 0 aliphatic carbocycles. The number of carbonyl (C=O) groups excluding carboxylic acids is 1. The van der Waals surface area contributed by atoms with Gasteiger partial charge in [0.1, 0.15) is 5.02 Å². The molecule has 6 nitrogen and oxygen atoms in total. The van der Waals surface area contributed by atoms with Crippen LogP contribution >= 0.6 is 22.9 Å². The number of nitro benzene ring substituents is 1. The predicted octanol–water partition coefficient (Wildman–Crippen LogP) is 2.77. The summed E-state index contributed by atoms with van der Waals surface area (Å²) in [5.74, 6) is -0.571. The van der Waals surface area contributed by atoms with Crippen LogP contribution in [-0.2, 0) is 0 Å². The Morgan fingerprint density at radius 1 is 1.48 bits per heavy atom. The van der Waals surface area contributed by atoms with E-state index >= 15 is 0 Å². The number of thiophene rings is 1. The van der Waals surface area contributed by atoms with Crippen molar-refractivity contribution in [3.05, 3.63) is 61.3 Å². The quantitative estimate of drug-likeness (QED) is 0.652. The molecule has 8 heteroatoms. The van der Waals surface area contributed by atoms with Crippen molar-refractivity contribution in [1.82, 2.24) is 5.32 Å². The van der Waals surface area contributed by atoms with Gasteiger partial charge < -0.3 is 10.4 Å². The predicted molar refractivity (Wildman–Crippen MR) is 79.7 cm³/mol. The highest BCUT2D eigenvalue weighted by Crippen LogP contribution is 2.27. The first-order chi connectivity index (χ1) is 10.0. The molecule has 0 aliphatic heterocycles. The Kier molecular flexibility index (Phi) is 4.89. The number of carbonyl (C=O) groups is 1. The zero-order valence-corrected chi connectivity index (χ0v) is 12.2. The van der Waals surface area contributed by atoms with E-state index in [9.17, 15) is 20.0 Å². The molecule has 2 N–H and O–H groups in total. The number of nitrogens with zero attached hydrogens (tertiary/aromatic N) is 1. The minimum atomic E-state index is -0.835. The Morgan fingerprint density at radius 3 is 2.86 bits per heavy atom. The lowest BCUT2D eigenvalue weighted by atomic mass is 10.1. The Hall–Kier alpha value is -1.96. The summed E-state index contributed by atoms with van der Waals surface area (Å²) in [7, 11) is 0. The SMILES string of the molecule is O=C(NCC(O)c1ccsc1)c1cccc([N+](=O)[O-])c1Cl. The first-order valence-corrected chi connectivity index (χ1v) is 7.24. The lowest BCUT2D eigenvalue weighted by Crippen LogP contribution is -2.28. The molecule has 1 aromatic carbocycles. The van der Waals surface area contributed by atoms with E-state index in [4.69, 9.17) is 11.6 Å². The molecule has 0 saturated carbocycles. The number of nitro groups is 1. The first-order valence-electron chi connectivity index (χ1n) is 5.92. The highest BCUT2D eigenvalue weighted by molar-refractivity contribution is 7.07. The molecule has 2 aromatic rings. The van der Waals surface area contributed by atoms with Gasteiger partial charge in [-0.1, -0.05) is 17.7 Å². The van der Waals surface area contributed by atoms with Gasteiger partial charge in [-0.05, 0) is 28.5 Å². The summed E-state index contributed by atoms with van der Waals surface area (Å²) < 4.78 is 0. The van der Waals surface area contributed by atoms with Gasteiger partial charge in [-0.25, -0.2) is 0 Å². The third-order valence-corrected chi connectivity index (χ3v) is 3.90. The smallest absolute Gasteiger partial charge is 0.288 e. The van der Waals surface area contributed by atoms with E-state index < -0.39 is 16.9 Å². The number of aliphatic hydroxyl groups excluding tert-OH is 1. The number of rotatable bonds is 5. The average Bonchev–Trinajstić information content (AvgIpc) is 2.98. The Labute approximate surface area is 129 Å². The second kappa shape index (κ2) is 6.66. The fourth-order valence-corrected chi connectivity index (χ4v) is 2.69. The van der Waals surface area contributed by atoms with E-state index in [0.29, 0.717) is 5.56 Å². The molecule has 2 rings (SSSR count). The molecule has 0 spiro atoms. The van der Waals surface area contributed by atoms with Gasteiger partial charge in [0.15, 0.2) is 0 Å². The highest BCUT2D eigenvalue weighted by atomic mass is 35.5. The second-order valence-corrected chi connectivity index (χ2v) is 5.34. The van der Waals surface area contributed by atoms with E-state index in [1.54, 1.807) is 11.4 Å². The molecule has 110 valence electrons. The molecule has 1 unspecified atom stereocenters. The van der Waals surface area contributed by atoms with Gasteiger partial charge in [-0.15, -0.1) is 0 Å². The van der Waals surface area contributed by atoms with Crippen LogP contribution in [0.3, 0.4) is 0 Å². The van der Waals surface area contributed by atoms with Crippen LogP contribution in [0.2, 0.25) is 5.02 Å². The summed E-state index contributed by atoms with van der Waals surface area (Å²) in [6.45, 7) is -0.00537. The summed E-state index contributed by atoms with van der Waals surface area (Å²) in [5, 5.41) is 26.5. The van der Waals surface area contributed by atoms with Crippen molar-refractivity contribution in [3.8, 4) is 0 Å². The van der Waals surface area contributed by atoms with Crippen molar-refractivity contribution in [2.45, 2.75) is 6.10 Å².